The number of phenolic OH excluding ortho intramolecular Hbond substituents is 1. The van der Waals surface area contributed by atoms with E-state index in [2.05, 4.69) is 4.74 Å². The molecular weight excluding hydrogens is 218 g/mol. The van der Waals surface area contributed by atoms with Crippen molar-refractivity contribution in [3.63, 3.8) is 0 Å². The predicted molar refractivity (Wildman–Crippen MR) is 56.8 cm³/mol. The Morgan fingerprint density at radius 3 is 2.93 bits per heavy atom. The summed E-state index contributed by atoms with van der Waals surface area (Å²) in [4.78, 5) is 11.1. The molecule has 0 saturated carbocycles. The van der Waals surface area contributed by atoms with Crippen molar-refractivity contribution >= 4 is 17.6 Å². The molecule has 0 aliphatic carbocycles. The first-order valence-electron chi connectivity index (χ1n) is 4.35. The van der Waals surface area contributed by atoms with Crippen LogP contribution >= 0.6 is 11.6 Å². The Morgan fingerprint density at radius 1 is 1.67 bits per heavy atom. The molecule has 1 atom stereocenters. The number of hydrogen-bond acceptors (Lipinski definition) is 4. The molecule has 0 heterocycles. The standard InChI is InChI=1S/C10H12ClNO3/c1-15-10(14)8(12)5-6-4-7(11)2-3-9(6)13/h2-4,8,13H,5,12H2,1H3. The average Bonchev–Trinajstić information content (AvgIpc) is 2.22. The Morgan fingerprint density at radius 2 is 2.33 bits per heavy atom. The van der Waals surface area contributed by atoms with Crippen molar-refractivity contribution in [1.82, 2.24) is 0 Å². The summed E-state index contributed by atoms with van der Waals surface area (Å²) in [7, 11) is 1.26. The number of esters is 1. The summed E-state index contributed by atoms with van der Waals surface area (Å²) in [6.07, 6.45) is 0.194. The molecule has 3 N–H and O–H groups in total. The third kappa shape index (κ3) is 3.11. The van der Waals surface area contributed by atoms with Crippen molar-refractivity contribution in [1.29, 1.82) is 0 Å². The van der Waals surface area contributed by atoms with Crippen LogP contribution in [-0.4, -0.2) is 24.2 Å². The lowest BCUT2D eigenvalue weighted by Crippen LogP contribution is -2.33. The SMILES string of the molecule is COC(=O)C(N)Cc1cc(Cl)ccc1O. The Balaban J connectivity index is 2.80. The first-order valence-corrected chi connectivity index (χ1v) is 4.73. The zero-order valence-corrected chi connectivity index (χ0v) is 8.99. The number of nitrogens with two attached hydrogens (primary N) is 1. The minimum atomic E-state index is -0.792. The van der Waals surface area contributed by atoms with Gasteiger partial charge in [0.15, 0.2) is 0 Å². The summed E-state index contributed by atoms with van der Waals surface area (Å²) >= 11 is 5.75. The van der Waals surface area contributed by atoms with E-state index in [1.165, 1.54) is 13.2 Å². The summed E-state index contributed by atoms with van der Waals surface area (Å²) in [6, 6.07) is 3.80. The highest BCUT2D eigenvalue weighted by Crippen LogP contribution is 2.22. The van der Waals surface area contributed by atoms with Gasteiger partial charge >= 0.3 is 5.97 Å². The number of halogens is 1. The fraction of sp³-hybridized carbons (Fsp3) is 0.300. The minimum absolute atomic E-state index is 0.0683. The Bertz CT molecular complexity index is 368. The maximum absolute atomic E-state index is 11.1. The van der Waals surface area contributed by atoms with Crippen LogP contribution in [-0.2, 0) is 16.0 Å². The van der Waals surface area contributed by atoms with E-state index >= 15 is 0 Å². The molecule has 0 aliphatic heterocycles. The van der Waals surface area contributed by atoms with Gasteiger partial charge in [-0.25, -0.2) is 0 Å². The molecule has 82 valence electrons. The molecule has 1 rings (SSSR count). The lowest BCUT2D eigenvalue weighted by Gasteiger charge is -2.10. The number of carbonyl (C=O) groups is 1. The third-order valence-electron chi connectivity index (χ3n) is 1.99. The fourth-order valence-corrected chi connectivity index (χ4v) is 1.38. The number of carbonyl (C=O) groups excluding carboxylic acids is 1. The largest absolute Gasteiger partial charge is 0.508 e. The van der Waals surface area contributed by atoms with Gasteiger partial charge in [0.1, 0.15) is 11.8 Å². The van der Waals surface area contributed by atoms with Crippen molar-refractivity contribution in [2.45, 2.75) is 12.5 Å². The normalized spacial score (nSPS) is 12.2. The average molecular weight is 230 g/mol. The topological polar surface area (TPSA) is 72.5 Å². The van der Waals surface area contributed by atoms with Crippen molar-refractivity contribution in [2.24, 2.45) is 5.73 Å². The Hall–Kier alpha value is -1.26. The van der Waals surface area contributed by atoms with Crippen LogP contribution in [0.2, 0.25) is 5.02 Å². The van der Waals surface area contributed by atoms with Gasteiger partial charge in [-0.05, 0) is 23.8 Å². The molecule has 0 spiro atoms. The molecule has 1 unspecified atom stereocenters. The molecule has 0 bridgehead atoms. The molecular formula is C10H12ClNO3. The second-order valence-electron chi connectivity index (χ2n) is 3.11. The van der Waals surface area contributed by atoms with Crippen LogP contribution < -0.4 is 5.73 Å². The number of ether oxygens (including phenoxy) is 1. The van der Waals surface area contributed by atoms with Crippen molar-refractivity contribution in [2.75, 3.05) is 7.11 Å². The van der Waals surface area contributed by atoms with Crippen molar-refractivity contribution in [3.8, 4) is 5.75 Å². The highest BCUT2D eigenvalue weighted by atomic mass is 35.5. The second kappa shape index (κ2) is 5.00. The molecule has 1 aromatic carbocycles. The molecule has 0 aromatic heterocycles. The lowest BCUT2D eigenvalue weighted by atomic mass is 10.1. The molecule has 0 fully saturated rings. The molecule has 0 radical (unpaired) electrons. The Labute approximate surface area is 92.6 Å². The molecule has 0 saturated heterocycles. The van der Waals surface area contributed by atoms with Crippen LogP contribution in [0.15, 0.2) is 18.2 Å². The van der Waals surface area contributed by atoms with Gasteiger partial charge in [-0.2, -0.15) is 0 Å². The molecule has 4 nitrogen and oxygen atoms in total. The van der Waals surface area contributed by atoms with Gasteiger partial charge in [0, 0.05) is 11.4 Å². The summed E-state index contributed by atoms with van der Waals surface area (Å²) in [6.45, 7) is 0. The van der Waals surface area contributed by atoms with E-state index in [4.69, 9.17) is 17.3 Å². The Kier molecular flexibility index (Phi) is 3.94. The van der Waals surface area contributed by atoms with Gasteiger partial charge in [-0.1, -0.05) is 11.6 Å². The number of methoxy groups -OCH3 is 1. The van der Waals surface area contributed by atoms with Gasteiger partial charge in [-0.3, -0.25) is 4.79 Å². The third-order valence-corrected chi connectivity index (χ3v) is 2.22. The maximum atomic E-state index is 11.1. The van der Waals surface area contributed by atoms with E-state index in [9.17, 15) is 9.90 Å². The summed E-state index contributed by atoms with van der Waals surface area (Å²) in [5.74, 6) is -0.451. The van der Waals surface area contributed by atoms with Crippen molar-refractivity contribution in [3.05, 3.63) is 28.8 Å². The van der Waals surface area contributed by atoms with Crippen LogP contribution in [0.3, 0.4) is 0 Å². The molecule has 15 heavy (non-hydrogen) atoms. The van der Waals surface area contributed by atoms with Gasteiger partial charge < -0.3 is 15.6 Å². The smallest absolute Gasteiger partial charge is 0.322 e. The first kappa shape index (κ1) is 11.8. The van der Waals surface area contributed by atoms with Crippen LogP contribution in [0.4, 0.5) is 0 Å². The summed E-state index contributed by atoms with van der Waals surface area (Å²) in [5.41, 5.74) is 6.08. The minimum Gasteiger partial charge on any atom is -0.508 e. The lowest BCUT2D eigenvalue weighted by molar-refractivity contribution is -0.142. The zero-order chi connectivity index (χ0) is 11.4. The highest BCUT2D eigenvalue weighted by molar-refractivity contribution is 6.30. The van der Waals surface area contributed by atoms with Crippen LogP contribution in [0, 0.1) is 0 Å². The summed E-state index contributed by atoms with van der Waals surface area (Å²) in [5, 5.41) is 9.96. The van der Waals surface area contributed by atoms with E-state index in [1.807, 2.05) is 0 Å². The second-order valence-corrected chi connectivity index (χ2v) is 3.54. The maximum Gasteiger partial charge on any atom is 0.322 e. The van der Waals surface area contributed by atoms with Crippen LogP contribution in [0.25, 0.3) is 0 Å². The van der Waals surface area contributed by atoms with Gasteiger partial charge in [0.2, 0.25) is 0 Å². The van der Waals surface area contributed by atoms with Crippen LogP contribution in [0.1, 0.15) is 5.56 Å². The molecule has 0 amide bonds. The van der Waals surface area contributed by atoms with Gasteiger partial charge in [0.25, 0.3) is 0 Å². The zero-order valence-electron chi connectivity index (χ0n) is 8.24. The molecule has 5 heteroatoms. The number of hydrogen-bond donors (Lipinski definition) is 2. The number of aromatic hydroxyl groups is 1. The van der Waals surface area contributed by atoms with E-state index in [1.54, 1.807) is 12.1 Å². The monoisotopic (exact) mass is 229 g/mol. The quantitative estimate of drug-likeness (QED) is 0.761. The van der Waals surface area contributed by atoms with E-state index in [0.29, 0.717) is 10.6 Å². The van der Waals surface area contributed by atoms with Gasteiger partial charge in [0.05, 0.1) is 7.11 Å². The highest BCUT2D eigenvalue weighted by Gasteiger charge is 2.16. The number of rotatable bonds is 3. The van der Waals surface area contributed by atoms with Gasteiger partial charge in [-0.15, -0.1) is 0 Å². The van der Waals surface area contributed by atoms with Crippen molar-refractivity contribution < 1.29 is 14.6 Å². The van der Waals surface area contributed by atoms with Crippen LogP contribution in [0.5, 0.6) is 5.75 Å². The molecule has 0 aliphatic rings. The number of phenols is 1. The van der Waals surface area contributed by atoms with E-state index < -0.39 is 12.0 Å². The van der Waals surface area contributed by atoms with E-state index in [-0.39, 0.29) is 12.2 Å². The summed E-state index contributed by atoms with van der Waals surface area (Å²) < 4.78 is 4.48. The number of benzene rings is 1. The molecule has 1 aromatic rings. The van der Waals surface area contributed by atoms with E-state index in [0.717, 1.165) is 0 Å². The predicted octanol–water partition coefficient (Wildman–Crippen LogP) is 1.09. The first-order chi connectivity index (χ1) is 7.04. The fourth-order valence-electron chi connectivity index (χ4n) is 1.19.